The molecule has 1 heterocycles. The molecule has 1 fully saturated rings. The number of benzene rings is 1. The molecule has 3 rings (SSSR count). The Bertz CT molecular complexity index is 686. The highest BCUT2D eigenvalue weighted by Crippen LogP contribution is 2.20. The summed E-state index contributed by atoms with van der Waals surface area (Å²) in [6.45, 7) is 0. The first-order valence-corrected chi connectivity index (χ1v) is 9.24. The zero-order valence-electron chi connectivity index (χ0n) is 12.3. The molecule has 23 heavy (non-hydrogen) atoms. The molecule has 6 nitrogen and oxygen atoms in total. The molecular formula is C15H16N4O2S2. The maximum absolute atomic E-state index is 12.1. The van der Waals surface area contributed by atoms with Gasteiger partial charge in [-0.2, -0.15) is 0 Å². The predicted molar refractivity (Wildman–Crippen MR) is 91.6 cm³/mol. The Labute approximate surface area is 142 Å². The van der Waals surface area contributed by atoms with Crippen molar-refractivity contribution >= 4 is 40.6 Å². The molecule has 0 saturated heterocycles. The zero-order valence-corrected chi connectivity index (χ0v) is 14.0. The summed E-state index contributed by atoms with van der Waals surface area (Å²) < 4.78 is 0. The van der Waals surface area contributed by atoms with Crippen molar-refractivity contribution < 1.29 is 9.59 Å². The fraction of sp³-hybridized carbons (Fsp3) is 0.333. The number of carbonyl (C=O) groups is 2. The summed E-state index contributed by atoms with van der Waals surface area (Å²) in [5.74, 6) is 0.774. The van der Waals surface area contributed by atoms with Crippen LogP contribution in [0.1, 0.15) is 27.7 Å². The fourth-order valence-corrected chi connectivity index (χ4v) is 3.46. The van der Waals surface area contributed by atoms with Crippen molar-refractivity contribution in [2.75, 3.05) is 11.1 Å². The largest absolute Gasteiger partial charge is 0.353 e. The van der Waals surface area contributed by atoms with Gasteiger partial charge in [0, 0.05) is 17.5 Å². The first kappa shape index (κ1) is 15.9. The minimum atomic E-state index is -0.267. The smallest absolute Gasteiger partial charge is 0.286 e. The lowest BCUT2D eigenvalue weighted by Gasteiger charge is -2.01. The molecule has 2 aromatic rings. The number of nitrogens with one attached hydrogen (secondary N) is 2. The number of thioether (sulfide) groups is 1. The number of amides is 2. The number of nitrogens with zero attached hydrogens (tertiary/aromatic N) is 2. The van der Waals surface area contributed by atoms with Crippen molar-refractivity contribution in [2.45, 2.75) is 24.6 Å². The van der Waals surface area contributed by atoms with Gasteiger partial charge in [0.2, 0.25) is 10.9 Å². The van der Waals surface area contributed by atoms with Gasteiger partial charge in [-0.1, -0.05) is 29.5 Å². The average Bonchev–Trinajstić information content (AvgIpc) is 3.23. The monoisotopic (exact) mass is 348 g/mol. The second-order valence-corrected chi connectivity index (χ2v) is 7.20. The first-order valence-electron chi connectivity index (χ1n) is 7.26. The van der Waals surface area contributed by atoms with Crippen molar-refractivity contribution in [3.05, 3.63) is 40.3 Å². The van der Waals surface area contributed by atoms with E-state index in [9.17, 15) is 9.59 Å². The molecular weight excluding hydrogens is 332 g/mol. The second-order valence-electron chi connectivity index (χ2n) is 5.16. The highest BCUT2D eigenvalue weighted by Gasteiger charge is 2.23. The summed E-state index contributed by atoms with van der Waals surface area (Å²) in [7, 11) is 0. The van der Waals surface area contributed by atoms with Gasteiger partial charge in [0.05, 0.1) is 5.75 Å². The summed E-state index contributed by atoms with van der Waals surface area (Å²) in [5, 5.41) is 14.7. The molecule has 120 valence electrons. The van der Waals surface area contributed by atoms with Gasteiger partial charge in [-0.15, -0.1) is 22.0 Å². The van der Waals surface area contributed by atoms with Crippen molar-refractivity contribution in [2.24, 2.45) is 0 Å². The van der Waals surface area contributed by atoms with Crippen LogP contribution in [-0.4, -0.2) is 33.8 Å². The highest BCUT2D eigenvalue weighted by molar-refractivity contribution is 7.99. The van der Waals surface area contributed by atoms with E-state index >= 15 is 0 Å². The lowest BCUT2D eigenvalue weighted by atomic mass is 10.3. The van der Waals surface area contributed by atoms with E-state index in [4.69, 9.17) is 0 Å². The van der Waals surface area contributed by atoms with Crippen LogP contribution in [0, 0.1) is 0 Å². The van der Waals surface area contributed by atoms with Gasteiger partial charge in [-0.05, 0) is 25.0 Å². The average molecular weight is 348 g/mol. The summed E-state index contributed by atoms with van der Waals surface area (Å²) in [5.41, 5.74) is 0.723. The number of hydrogen-bond donors (Lipinski definition) is 2. The number of aromatic nitrogens is 2. The van der Waals surface area contributed by atoms with E-state index in [1.165, 1.54) is 23.1 Å². The summed E-state index contributed by atoms with van der Waals surface area (Å²) >= 11 is 2.73. The lowest BCUT2D eigenvalue weighted by Crippen LogP contribution is -2.27. The fourth-order valence-electron chi connectivity index (χ4n) is 1.84. The Morgan fingerprint density at radius 1 is 1.22 bits per heavy atom. The van der Waals surface area contributed by atoms with Crippen LogP contribution in [0.4, 0.5) is 5.69 Å². The summed E-state index contributed by atoms with van der Waals surface area (Å²) in [4.78, 5) is 23.6. The Morgan fingerprint density at radius 2 is 2.00 bits per heavy atom. The number of hydrogen-bond acceptors (Lipinski definition) is 6. The van der Waals surface area contributed by atoms with E-state index < -0.39 is 0 Å². The molecule has 2 amide bonds. The molecule has 1 aromatic heterocycles. The second kappa shape index (κ2) is 7.56. The quantitative estimate of drug-likeness (QED) is 0.802. The van der Waals surface area contributed by atoms with Crippen LogP contribution >= 0.6 is 23.1 Å². The molecule has 1 saturated carbocycles. The van der Waals surface area contributed by atoms with Crippen LogP contribution in [0.5, 0.6) is 0 Å². The van der Waals surface area contributed by atoms with E-state index in [2.05, 4.69) is 20.8 Å². The molecule has 1 aliphatic rings. The molecule has 0 bridgehead atoms. The number of para-hydroxylation sites is 1. The van der Waals surface area contributed by atoms with Gasteiger partial charge in [0.1, 0.15) is 5.01 Å². The van der Waals surface area contributed by atoms with Gasteiger partial charge < -0.3 is 10.6 Å². The van der Waals surface area contributed by atoms with Crippen LogP contribution in [-0.2, 0) is 10.5 Å². The Kier molecular flexibility index (Phi) is 5.24. The minimum absolute atomic E-state index is 0.0593. The molecule has 1 aliphatic carbocycles. The topological polar surface area (TPSA) is 84.0 Å². The number of anilines is 1. The van der Waals surface area contributed by atoms with Gasteiger partial charge in [0.25, 0.3) is 5.91 Å². The molecule has 1 aromatic carbocycles. The Morgan fingerprint density at radius 3 is 2.74 bits per heavy atom. The van der Waals surface area contributed by atoms with E-state index in [1.807, 2.05) is 30.3 Å². The normalized spacial score (nSPS) is 13.6. The molecule has 0 aliphatic heterocycles. The van der Waals surface area contributed by atoms with Crippen LogP contribution in [0.15, 0.2) is 30.3 Å². The third-order valence-electron chi connectivity index (χ3n) is 3.09. The van der Waals surface area contributed by atoms with Crippen molar-refractivity contribution in [1.82, 2.24) is 15.5 Å². The molecule has 2 N–H and O–H groups in total. The summed E-state index contributed by atoms with van der Waals surface area (Å²) in [6.07, 6.45) is 2.18. The Balaban J connectivity index is 1.45. The van der Waals surface area contributed by atoms with Crippen molar-refractivity contribution in [1.29, 1.82) is 0 Å². The van der Waals surface area contributed by atoms with E-state index in [0.29, 0.717) is 22.6 Å². The maximum Gasteiger partial charge on any atom is 0.286 e. The van der Waals surface area contributed by atoms with Crippen molar-refractivity contribution in [3.63, 3.8) is 0 Å². The van der Waals surface area contributed by atoms with Crippen LogP contribution < -0.4 is 10.6 Å². The highest BCUT2D eigenvalue weighted by atomic mass is 32.2. The molecule has 0 spiro atoms. The van der Waals surface area contributed by atoms with Gasteiger partial charge in [0.15, 0.2) is 0 Å². The first-order chi connectivity index (χ1) is 11.2. The van der Waals surface area contributed by atoms with Gasteiger partial charge in [-0.3, -0.25) is 9.59 Å². The molecule has 0 unspecified atom stereocenters. The Hall–Kier alpha value is -1.93. The van der Waals surface area contributed by atoms with Gasteiger partial charge in [-0.25, -0.2) is 0 Å². The number of rotatable bonds is 7. The summed E-state index contributed by atoms with van der Waals surface area (Å²) in [6, 6.07) is 9.60. The SMILES string of the molecule is O=C(CSCc1nnc(C(=O)Nc2ccccc2)s1)NC1CC1. The van der Waals surface area contributed by atoms with Crippen LogP contribution in [0.3, 0.4) is 0 Å². The van der Waals surface area contributed by atoms with Crippen molar-refractivity contribution in [3.8, 4) is 0 Å². The molecule has 8 heteroatoms. The third kappa shape index (κ3) is 5.04. The van der Waals surface area contributed by atoms with Crippen LogP contribution in [0.2, 0.25) is 0 Å². The zero-order chi connectivity index (χ0) is 16.1. The standard InChI is InChI=1S/C15H16N4O2S2/c20-12(16-11-6-7-11)8-22-9-13-18-19-15(23-13)14(21)17-10-4-2-1-3-5-10/h1-5,11H,6-9H2,(H,16,20)(H,17,21). The van der Waals surface area contributed by atoms with E-state index in [-0.39, 0.29) is 11.8 Å². The van der Waals surface area contributed by atoms with E-state index in [0.717, 1.165) is 23.5 Å². The third-order valence-corrected chi connectivity index (χ3v) is 5.14. The lowest BCUT2D eigenvalue weighted by molar-refractivity contribution is -0.118. The maximum atomic E-state index is 12.1. The van der Waals surface area contributed by atoms with Crippen LogP contribution in [0.25, 0.3) is 0 Å². The minimum Gasteiger partial charge on any atom is -0.353 e. The molecule has 0 radical (unpaired) electrons. The predicted octanol–water partition coefficient (Wildman–Crippen LogP) is 2.30. The van der Waals surface area contributed by atoms with E-state index in [1.54, 1.807) is 0 Å². The van der Waals surface area contributed by atoms with Gasteiger partial charge >= 0.3 is 0 Å². The molecule has 0 atom stereocenters. The number of carbonyl (C=O) groups excluding carboxylic acids is 2.